The highest BCUT2D eigenvalue weighted by Gasteiger charge is 2.12. The van der Waals surface area contributed by atoms with E-state index in [1.54, 1.807) is 12.1 Å². The summed E-state index contributed by atoms with van der Waals surface area (Å²) >= 11 is 0. The number of halogens is 1. The number of rotatable bonds is 7. The zero-order valence-corrected chi connectivity index (χ0v) is 12.8. The number of nitrogens with one attached hydrogen (secondary N) is 1. The van der Waals surface area contributed by atoms with Crippen molar-refractivity contribution < 1.29 is 13.7 Å². The number of aromatic nitrogens is 2. The van der Waals surface area contributed by atoms with Gasteiger partial charge in [0.15, 0.2) is 0 Å². The van der Waals surface area contributed by atoms with Crippen molar-refractivity contribution in [3.05, 3.63) is 36.0 Å². The lowest BCUT2D eigenvalue weighted by atomic mass is 10.2. The smallest absolute Gasteiger partial charge is 0.227 e. The first-order valence-electron chi connectivity index (χ1n) is 7.46. The highest BCUT2D eigenvalue weighted by molar-refractivity contribution is 5.76. The summed E-state index contributed by atoms with van der Waals surface area (Å²) in [5, 5.41) is 6.77. The molecular formula is C16H20FN3O2. The molecule has 0 saturated heterocycles. The number of nitrogens with zero attached hydrogens (tertiary/aromatic N) is 2. The van der Waals surface area contributed by atoms with Gasteiger partial charge in [0.2, 0.25) is 17.6 Å². The van der Waals surface area contributed by atoms with Gasteiger partial charge in [-0.3, -0.25) is 4.79 Å². The van der Waals surface area contributed by atoms with E-state index in [9.17, 15) is 9.18 Å². The molecule has 1 amide bonds. The van der Waals surface area contributed by atoms with E-state index < -0.39 is 0 Å². The van der Waals surface area contributed by atoms with Crippen LogP contribution in [0.1, 0.15) is 39.0 Å². The van der Waals surface area contributed by atoms with E-state index in [0.717, 1.165) is 12.8 Å². The Morgan fingerprint density at radius 1 is 1.36 bits per heavy atom. The minimum absolute atomic E-state index is 0.0255. The Kier molecular flexibility index (Phi) is 5.63. The quantitative estimate of drug-likeness (QED) is 0.853. The molecule has 0 radical (unpaired) electrons. The molecule has 5 nitrogen and oxygen atoms in total. The van der Waals surface area contributed by atoms with Crippen LogP contribution < -0.4 is 5.32 Å². The predicted octanol–water partition coefficient (Wildman–Crippen LogP) is 3.11. The number of carbonyl (C=O) groups is 1. The molecule has 0 saturated carbocycles. The van der Waals surface area contributed by atoms with Gasteiger partial charge in [0, 0.05) is 24.4 Å². The molecule has 2 rings (SSSR count). The molecule has 1 aromatic carbocycles. The lowest BCUT2D eigenvalue weighted by Crippen LogP contribution is -2.32. The molecule has 0 fully saturated rings. The predicted molar refractivity (Wildman–Crippen MR) is 80.5 cm³/mol. The van der Waals surface area contributed by atoms with Gasteiger partial charge in [0.05, 0.1) is 0 Å². The Bertz CT molecular complexity index is 610. The summed E-state index contributed by atoms with van der Waals surface area (Å²) in [7, 11) is 0. The van der Waals surface area contributed by atoms with Crippen LogP contribution in [0.5, 0.6) is 0 Å². The number of carbonyl (C=O) groups excluding carboxylic acids is 1. The lowest BCUT2D eigenvalue weighted by Gasteiger charge is -2.11. The van der Waals surface area contributed by atoms with Crippen molar-refractivity contribution in [3.63, 3.8) is 0 Å². The van der Waals surface area contributed by atoms with E-state index in [0.29, 0.717) is 30.1 Å². The number of hydrogen-bond acceptors (Lipinski definition) is 4. The highest BCUT2D eigenvalue weighted by Crippen LogP contribution is 2.16. The number of aryl methyl sites for hydroxylation is 1. The first kappa shape index (κ1) is 16.1. The molecule has 1 atom stereocenters. The van der Waals surface area contributed by atoms with Crippen LogP contribution in [0.25, 0.3) is 11.4 Å². The van der Waals surface area contributed by atoms with Crippen molar-refractivity contribution >= 4 is 5.91 Å². The third kappa shape index (κ3) is 4.65. The molecule has 6 heteroatoms. The number of hydrogen-bond donors (Lipinski definition) is 1. The standard InChI is InChI=1S/C16H20FN3O2/c1-3-4-11(2)18-14(21)9-10-15-19-16(20-22-15)12-5-7-13(17)8-6-12/h5-8,11H,3-4,9-10H2,1-2H3,(H,18,21)/t11-/m1/s1. The van der Waals surface area contributed by atoms with Crippen LogP contribution >= 0.6 is 0 Å². The van der Waals surface area contributed by atoms with Gasteiger partial charge in [-0.1, -0.05) is 18.5 Å². The van der Waals surface area contributed by atoms with Gasteiger partial charge in [-0.25, -0.2) is 4.39 Å². The largest absolute Gasteiger partial charge is 0.354 e. The molecule has 1 N–H and O–H groups in total. The summed E-state index contributed by atoms with van der Waals surface area (Å²) in [6, 6.07) is 6.03. The highest BCUT2D eigenvalue weighted by atomic mass is 19.1. The third-order valence-electron chi connectivity index (χ3n) is 3.27. The average Bonchev–Trinajstić information content (AvgIpc) is 2.95. The van der Waals surface area contributed by atoms with Crippen LogP contribution in [-0.2, 0) is 11.2 Å². The number of benzene rings is 1. The summed E-state index contributed by atoms with van der Waals surface area (Å²) in [5.41, 5.74) is 0.678. The van der Waals surface area contributed by atoms with Crippen molar-refractivity contribution in [1.29, 1.82) is 0 Å². The molecular weight excluding hydrogens is 285 g/mol. The molecule has 0 aliphatic heterocycles. The maximum absolute atomic E-state index is 12.9. The topological polar surface area (TPSA) is 68.0 Å². The van der Waals surface area contributed by atoms with Crippen molar-refractivity contribution in [2.24, 2.45) is 0 Å². The fourth-order valence-corrected chi connectivity index (χ4v) is 2.15. The van der Waals surface area contributed by atoms with Gasteiger partial charge < -0.3 is 9.84 Å². The first-order valence-corrected chi connectivity index (χ1v) is 7.46. The Labute approximate surface area is 128 Å². The zero-order chi connectivity index (χ0) is 15.9. The Balaban J connectivity index is 1.87. The Morgan fingerprint density at radius 3 is 2.77 bits per heavy atom. The molecule has 0 bridgehead atoms. The lowest BCUT2D eigenvalue weighted by molar-refractivity contribution is -0.121. The maximum Gasteiger partial charge on any atom is 0.227 e. The normalized spacial score (nSPS) is 12.1. The molecule has 1 heterocycles. The summed E-state index contributed by atoms with van der Waals surface area (Å²) in [5.74, 6) is 0.459. The van der Waals surface area contributed by atoms with Gasteiger partial charge in [-0.15, -0.1) is 0 Å². The summed E-state index contributed by atoms with van der Waals surface area (Å²) in [6.07, 6.45) is 2.69. The van der Waals surface area contributed by atoms with Crippen LogP contribution in [-0.4, -0.2) is 22.1 Å². The molecule has 118 valence electrons. The van der Waals surface area contributed by atoms with Crippen LogP contribution in [0.2, 0.25) is 0 Å². The van der Waals surface area contributed by atoms with Crippen LogP contribution in [0.4, 0.5) is 4.39 Å². The van der Waals surface area contributed by atoms with Crippen LogP contribution in [0, 0.1) is 5.82 Å². The molecule has 1 aromatic heterocycles. The average molecular weight is 305 g/mol. The maximum atomic E-state index is 12.9. The second kappa shape index (κ2) is 7.68. The van der Waals surface area contributed by atoms with Gasteiger partial charge >= 0.3 is 0 Å². The molecule has 0 spiro atoms. The van der Waals surface area contributed by atoms with E-state index in [4.69, 9.17) is 4.52 Å². The van der Waals surface area contributed by atoms with E-state index in [-0.39, 0.29) is 17.8 Å². The van der Waals surface area contributed by atoms with Crippen LogP contribution in [0.15, 0.2) is 28.8 Å². The zero-order valence-electron chi connectivity index (χ0n) is 12.8. The van der Waals surface area contributed by atoms with Gasteiger partial charge in [-0.05, 0) is 37.6 Å². The SMILES string of the molecule is CCC[C@@H](C)NC(=O)CCc1nc(-c2ccc(F)cc2)no1. The molecule has 2 aromatic rings. The van der Waals surface area contributed by atoms with E-state index in [1.165, 1.54) is 12.1 Å². The van der Waals surface area contributed by atoms with Gasteiger partial charge in [0.25, 0.3) is 0 Å². The van der Waals surface area contributed by atoms with Gasteiger partial charge in [0.1, 0.15) is 5.82 Å². The van der Waals surface area contributed by atoms with E-state index in [1.807, 2.05) is 6.92 Å². The number of amides is 1. The fraction of sp³-hybridized carbons (Fsp3) is 0.438. The summed E-state index contributed by atoms with van der Waals surface area (Å²) in [6.45, 7) is 4.07. The monoisotopic (exact) mass is 305 g/mol. The Hall–Kier alpha value is -2.24. The van der Waals surface area contributed by atoms with Crippen molar-refractivity contribution in [3.8, 4) is 11.4 Å². The first-order chi connectivity index (χ1) is 10.6. The second-order valence-corrected chi connectivity index (χ2v) is 5.28. The minimum Gasteiger partial charge on any atom is -0.354 e. The fourth-order valence-electron chi connectivity index (χ4n) is 2.15. The minimum atomic E-state index is -0.315. The molecule has 0 aliphatic rings. The van der Waals surface area contributed by atoms with Gasteiger partial charge in [-0.2, -0.15) is 4.98 Å². The third-order valence-corrected chi connectivity index (χ3v) is 3.27. The molecule has 22 heavy (non-hydrogen) atoms. The second-order valence-electron chi connectivity index (χ2n) is 5.28. The molecule has 0 unspecified atom stereocenters. The van der Waals surface area contributed by atoms with E-state index >= 15 is 0 Å². The summed E-state index contributed by atoms with van der Waals surface area (Å²) in [4.78, 5) is 16.0. The van der Waals surface area contributed by atoms with Crippen LogP contribution in [0.3, 0.4) is 0 Å². The van der Waals surface area contributed by atoms with Crippen molar-refractivity contribution in [2.45, 2.75) is 45.6 Å². The van der Waals surface area contributed by atoms with E-state index in [2.05, 4.69) is 22.4 Å². The Morgan fingerprint density at radius 2 is 2.09 bits per heavy atom. The summed E-state index contributed by atoms with van der Waals surface area (Å²) < 4.78 is 18.0. The molecule has 0 aliphatic carbocycles. The van der Waals surface area contributed by atoms with Crippen molar-refractivity contribution in [1.82, 2.24) is 15.5 Å². The van der Waals surface area contributed by atoms with Crippen molar-refractivity contribution in [2.75, 3.05) is 0 Å².